The first-order valence-corrected chi connectivity index (χ1v) is 6.82. The molecule has 0 bridgehead atoms. The van der Waals surface area contributed by atoms with Gasteiger partial charge in [0.1, 0.15) is 12.4 Å². The Labute approximate surface area is 119 Å². The monoisotopic (exact) mass is 283 g/mol. The standard InChI is InChI=1S/C14H13N5O2/c20-14(21)12-13(8-5-6-8)19(18-17-12)7-11-15-9-3-1-2-4-10(9)16-11/h1-4,8H,5-7H2,(H,15,16)(H,20,21). The quantitative estimate of drug-likeness (QED) is 0.760. The van der Waals surface area contributed by atoms with E-state index in [0.29, 0.717) is 12.2 Å². The van der Waals surface area contributed by atoms with Crippen LogP contribution in [0.2, 0.25) is 0 Å². The molecule has 1 fully saturated rings. The van der Waals surface area contributed by atoms with Crippen molar-refractivity contribution in [3.05, 3.63) is 41.5 Å². The maximum Gasteiger partial charge on any atom is 0.358 e. The van der Waals surface area contributed by atoms with Gasteiger partial charge in [-0.05, 0) is 25.0 Å². The van der Waals surface area contributed by atoms with Crippen molar-refractivity contribution >= 4 is 17.0 Å². The van der Waals surface area contributed by atoms with Crippen LogP contribution in [-0.4, -0.2) is 36.0 Å². The molecule has 0 aliphatic heterocycles. The molecule has 1 saturated carbocycles. The van der Waals surface area contributed by atoms with E-state index in [1.807, 2.05) is 24.3 Å². The van der Waals surface area contributed by atoms with E-state index in [-0.39, 0.29) is 11.6 Å². The fourth-order valence-electron chi connectivity index (χ4n) is 2.57. The third-order valence-corrected chi connectivity index (χ3v) is 3.68. The highest BCUT2D eigenvalue weighted by atomic mass is 16.4. The molecule has 0 atom stereocenters. The average molecular weight is 283 g/mol. The number of aromatic carboxylic acids is 1. The smallest absolute Gasteiger partial charge is 0.358 e. The molecule has 0 saturated heterocycles. The summed E-state index contributed by atoms with van der Waals surface area (Å²) < 4.78 is 1.65. The molecule has 0 amide bonds. The van der Waals surface area contributed by atoms with Crippen LogP contribution in [0.4, 0.5) is 0 Å². The third-order valence-electron chi connectivity index (χ3n) is 3.68. The molecule has 2 N–H and O–H groups in total. The third kappa shape index (κ3) is 2.06. The van der Waals surface area contributed by atoms with E-state index in [0.717, 1.165) is 29.7 Å². The van der Waals surface area contributed by atoms with Gasteiger partial charge in [-0.15, -0.1) is 5.10 Å². The van der Waals surface area contributed by atoms with Crippen LogP contribution in [0.25, 0.3) is 11.0 Å². The molecule has 1 aliphatic carbocycles. The molecule has 21 heavy (non-hydrogen) atoms. The van der Waals surface area contributed by atoms with Crippen molar-refractivity contribution in [2.24, 2.45) is 0 Å². The number of hydrogen-bond acceptors (Lipinski definition) is 4. The van der Waals surface area contributed by atoms with Crippen LogP contribution < -0.4 is 0 Å². The van der Waals surface area contributed by atoms with Crippen LogP contribution in [-0.2, 0) is 6.54 Å². The number of para-hydroxylation sites is 2. The summed E-state index contributed by atoms with van der Waals surface area (Å²) in [6.07, 6.45) is 1.99. The molecule has 1 aromatic carbocycles. The lowest BCUT2D eigenvalue weighted by molar-refractivity contribution is 0.0689. The van der Waals surface area contributed by atoms with E-state index in [2.05, 4.69) is 20.3 Å². The van der Waals surface area contributed by atoms with Crippen LogP contribution in [0.15, 0.2) is 24.3 Å². The zero-order valence-corrected chi connectivity index (χ0v) is 11.2. The van der Waals surface area contributed by atoms with Gasteiger partial charge in [0.15, 0.2) is 5.69 Å². The maximum atomic E-state index is 11.2. The van der Waals surface area contributed by atoms with Crippen molar-refractivity contribution in [1.29, 1.82) is 0 Å². The molecule has 7 heteroatoms. The highest BCUT2D eigenvalue weighted by molar-refractivity contribution is 5.86. The molecule has 7 nitrogen and oxygen atoms in total. The molecule has 106 valence electrons. The van der Waals surface area contributed by atoms with Crippen LogP contribution in [0.1, 0.15) is 40.8 Å². The first-order valence-electron chi connectivity index (χ1n) is 6.82. The molecule has 4 rings (SSSR count). The number of nitrogens with one attached hydrogen (secondary N) is 1. The Hall–Kier alpha value is -2.70. The predicted molar refractivity (Wildman–Crippen MR) is 74.2 cm³/mol. The largest absolute Gasteiger partial charge is 0.476 e. The molecule has 3 aromatic rings. The van der Waals surface area contributed by atoms with E-state index < -0.39 is 5.97 Å². The minimum atomic E-state index is -1.02. The first-order chi connectivity index (χ1) is 10.2. The molecular formula is C14H13N5O2. The molecule has 2 heterocycles. The second-order valence-corrected chi connectivity index (χ2v) is 5.26. The van der Waals surface area contributed by atoms with Gasteiger partial charge < -0.3 is 10.1 Å². The highest BCUT2D eigenvalue weighted by Crippen LogP contribution is 2.41. The number of H-pyrrole nitrogens is 1. The minimum absolute atomic E-state index is 0.0635. The summed E-state index contributed by atoms with van der Waals surface area (Å²) in [7, 11) is 0. The Morgan fingerprint density at radius 3 is 2.90 bits per heavy atom. The maximum absolute atomic E-state index is 11.2. The van der Waals surface area contributed by atoms with Crippen molar-refractivity contribution in [3.63, 3.8) is 0 Å². The lowest BCUT2D eigenvalue weighted by Gasteiger charge is -2.03. The minimum Gasteiger partial charge on any atom is -0.476 e. The lowest BCUT2D eigenvalue weighted by atomic mass is 10.2. The summed E-state index contributed by atoms with van der Waals surface area (Å²) in [5, 5.41) is 17.0. The van der Waals surface area contributed by atoms with E-state index in [1.54, 1.807) is 4.68 Å². The number of imidazole rings is 1. The van der Waals surface area contributed by atoms with E-state index >= 15 is 0 Å². The van der Waals surface area contributed by atoms with Crippen LogP contribution in [0, 0.1) is 0 Å². The summed E-state index contributed by atoms with van der Waals surface area (Å²) in [6.45, 7) is 0.404. The number of nitrogens with zero attached hydrogens (tertiary/aromatic N) is 4. The lowest BCUT2D eigenvalue weighted by Crippen LogP contribution is -2.09. The fraction of sp³-hybridized carbons (Fsp3) is 0.286. The van der Waals surface area contributed by atoms with Gasteiger partial charge in [-0.3, -0.25) is 0 Å². The Kier molecular flexibility index (Phi) is 2.53. The zero-order valence-electron chi connectivity index (χ0n) is 11.2. The van der Waals surface area contributed by atoms with Gasteiger partial charge in [-0.2, -0.15) is 0 Å². The van der Waals surface area contributed by atoms with Crippen molar-refractivity contribution in [2.75, 3.05) is 0 Å². The molecule has 0 spiro atoms. The van der Waals surface area contributed by atoms with Crippen molar-refractivity contribution in [2.45, 2.75) is 25.3 Å². The topological polar surface area (TPSA) is 96.7 Å². The van der Waals surface area contributed by atoms with Gasteiger partial charge in [-0.25, -0.2) is 14.5 Å². The second-order valence-electron chi connectivity index (χ2n) is 5.26. The number of rotatable bonds is 4. The number of aromatic nitrogens is 5. The van der Waals surface area contributed by atoms with Gasteiger partial charge in [-0.1, -0.05) is 17.3 Å². The van der Waals surface area contributed by atoms with Gasteiger partial charge in [0, 0.05) is 5.92 Å². The molecule has 0 unspecified atom stereocenters. The fourth-order valence-corrected chi connectivity index (χ4v) is 2.57. The van der Waals surface area contributed by atoms with Crippen LogP contribution in [0.3, 0.4) is 0 Å². The van der Waals surface area contributed by atoms with Gasteiger partial charge in [0.2, 0.25) is 0 Å². The Morgan fingerprint density at radius 1 is 1.38 bits per heavy atom. The number of benzene rings is 1. The highest BCUT2D eigenvalue weighted by Gasteiger charge is 2.33. The van der Waals surface area contributed by atoms with Crippen LogP contribution >= 0.6 is 0 Å². The normalized spacial score (nSPS) is 14.7. The van der Waals surface area contributed by atoms with E-state index in [9.17, 15) is 9.90 Å². The summed E-state index contributed by atoms with van der Waals surface area (Å²) >= 11 is 0. The average Bonchev–Trinajstić information content (AvgIpc) is 3.08. The summed E-state index contributed by atoms with van der Waals surface area (Å²) in [4.78, 5) is 18.9. The van der Waals surface area contributed by atoms with Gasteiger partial charge in [0.25, 0.3) is 0 Å². The Bertz CT molecular complexity index is 798. The van der Waals surface area contributed by atoms with Gasteiger partial charge in [0.05, 0.1) is 16.7 Å². The number of carboxylic acid groups (broad SMARTS) is 1. The predicted octanol–water partition coefficient (Wildman–Crippen LogP) is 1.78. The van der Waals surface area contributed by atoms with Crippen molar-refractivity contribution in [1.82, 2.24) is 25.0 Å². The molecule has 1 aliphatic rings. The first kappa shape index (κ1) is 12.1. The van der Waals surface area contributed by atoms with E-state index in [1.165, 1.54) is 0 Å². The zero-order chi connectivity index (χ0) is 14.4. The number of aromatic amines is 1. The Balaban J connectivity index is 1.72. The summed E-state index contributed by atoms with van der Waals surface area (Å²) in [5.74, 6) is -0.0110. The number of carboxylic acids is 1. The summed E-state index contributed by atoms with van der Waals surface area (Å²) in [6, 6.07) is 7.76. The van der Waals surface area contributed by atoms with Crippen LogP contribution in [0.5, 0.6) is 0 Å². The molecular weight excluding hydrogens is 270 g/mol. The SMILES string of the molecule is O=C(O)c1nnn(Cc2nc3ccccc3[nH]2)c1C1CC1. The summed E-state index contributed by atoms with van der Waals surface area (Å²) in [5.41, 5.74) is 2.62. The number of hydrogen-bond donors (Lipinski definition) is 2. The van der Waals surface area contributed by atoms with Crippen molar-refractivity contribution in [3.8, 4) is 0 Å². The van der Waals surface area contributed by atoms with Gasteiger partial charge >= 0.3 is 5.97 Å². The second kappa shape index (κ2) is 4.41. The molecule has 0 radical (unpaired) electrons. The molecule has 2 aromatic heterocycles. The van der Waals surface area contributed by atoms with E-state index in [4.69, 9.17) is 0 Å². The van der Waals surface area contributed by atoms with Crippen molar-refractivity contribution < 1.29 is 9.90 Å². The number of fused-ring (bicyclic) bond motifs is 1. The Morgan fingerprint density at radius 2 is 2.19 bits per heavy atom. The number of carbonyl (C=O) groups is 1.